The number of nitrogens with one attached hydrogen (secondary N) is 1. The summed E-state index contributed by atoms with van der Waals surface area (Å²) < 4.78 is 0. The van der Waals surface area contributed by atoms with E-state index in [1.807, 2.05) is 6.92 Å². The lowest BCUT2D eigenvalue weighted by molar-refractivity contribution is 0.690. The van der Waals surface area contributed by atoms with Gasteiger partial charge >= 0.3 is 0 Å². The van der Waals surface area contributed by atoms with Crippen LogP contribution in [-0.2, 0) is 0 Å². The fourth-order valence-corrected chi connectivity index (χ4v) is 1.52. The molecule has 0 heterocycles. The van der Waals surface area contributed by atoms with Gasteiger partial charge in [-0.1, -0.05) is 6.07 Å². The highest BCUT2D eigenvalue weighted by molar-refractivity contribution is 5.48. The van der Waals surface area contributed by atoms with Crippen LogP contribution in [0.25, 0.3) is 0 Å². The highest BCUT2D eigenvalue weighted by Crippen LogP contribution is 2.13. The molecule has 78 valence electrons. The summed E-state index contributed by atoms with van der Waals surface area (Å²) in [7, 11) is 0. The van der Waals surface area contributed by atoms with Crippen molar-refractivity contribution in [3.63, 3.8) is 0 Å². The van der Waals surface area contributed by atoms with Gasteiger partial charge in [-0.15, -0.1) is 0 Å². The Bertz CT molecular complexity index is 272. The van der Waals surface area contributed by atoms with Crippen LogP contribution in [0.1, 0.15) is 24.5 Å². The number of aryl methyl sites for hydroxylation is 2. The minimum Gasteiger partial charge on any atom is -0.385 e. The molecule has 1 unspecified atom stereocenters. The Morgan fingerprint density at radius 2 is 1.79 bits per heavy atom. The largest absolute Gasteiger partial charge is 0.385 e. The van der Waals surface area contributed by atoms with E-state index in [2.05, 4.69) is 37.4 Å². The van der Waals surface area contributed by atoms with Crippen LogP contribution in [0.2, 0.25) is 0 Å². The van der Waals surface area contributed by atoms with Crippen molar-refractivity contribution in [1.82, 2.24) is 0 Å². The Morgan fingerprint density at radius 3 is 2.29 bits per heavy atom. The van der Waals surface area contributed by atoms with Crippen molar-refractivity contribution in [2.45, 2.75) is 33.2 Å². The third-order valence-corrected chi connectivity index (χ3v) is 2.15. The first-order valence-electron chi connectivity index (χ1n) is 5.15. The summed E-state index contributed by atoms with van der Waals surface area (Å²) >= 11 is 0. The van der Waals surface area contributed by atoms with Crippen molar-refractivity contribution >= 4 is 5.69 Å². The van der Waals surface area contributed by atoms with E-state index in [0.29, 0.717) is 0 Å². The lowest BCUT2D eigenvalue weighted by Crippen LogP contribution is -2.19. The van der Waals surface area contributed by atoms with Crippen LogP contribution in [0, 0.1) is 13.8 Å². The Kier molecular flexibility index (Phi) is 3.96. The monoisotopic (exact) mass is 192 g/mol. The van der Waals surface area contributed by atoms with Crippen molar-refractivity contribution in [3.05, 3.63) is 29.3 Å². The van der Waals surface area contributed by atoms with Gasteiger partial charge in [0.2, 0.25) is 0 Å². The molecule has 0 aromatic heterocycles. The van der Waals surface area contributed by atoms with Crippen molar-refractivity contribution in [2.75, 3.05) is 11.9 Å². The number of nitrogens with two attached hydrogens (primary N) is 1. The Hall–Kier alpha value is -1.02. The molecule has 1 rings (SSSR count). The van der Waals surface area contributed by atoms with Gasteiger partial charge in [-0.3, -0.25) is 0 Å². The van der Waals surface area contributed by atoms with E-state index in [-0.39, 0.29) is 6.04 Å². The molecule has 1 aromatic carbocycles. The third kappa shape index (κ3) is 3.79. The van der Waals surface area contributed by atoms with E-state index in [1.165, 1.54) is 16.8 Å². The average Bonchev–Trinajstić information content (AvgIpc) is 2.01. The molecule has 0 fully saturated rings. The number of anilines is 1. The first-order chi connectivity index (χ1) is 6.58. The van der Waals surface area contributed by atoms with Crippen LogP contribution in [0.15, 0.2) is 18.2 Å². The van der Waals surface area contributed by atoms with E-state index in [1.54, 1.807) is 0 Å². The summed E-state index contributed by atoms with van der Waals surface area (Å²) in [6.07, 6.45) is 1.01. The van der Waals surface area contributed by atoms with Crippen LogP contribution in [-0.4, -0.2) is 12.6 Å². The molecule has 2 heteroatoms. The molecule has 0 radical (unpaired) electrons. The van der Waals surface area contributed by atoms with Gasteiger partial charge in [-0.05, 0) is 50.5 Å². The van der Waals surface area contributed by atoms with Crippen LogP contribution < -0.4 is 11.1 Å². The smallest absolute Gasteiger partial charge is 0.0345 e. The van der Waals surface area contributed by atoms with Gasteiger partial charge in [0.15, 0.2) is 0 Å². The maximum atomic E-state index is 5.68. The van der Waals surface area contributed by atoms with Crippen molar-refractivity contribution < 1.29 is 0 Å². The molecule has 3 N–H and O–H groups in total. The maximum Gasteiger partial charge on any atom is 0.0345 e. The molecule has 0 aliphatic rings. The summed E-state index contributed by atoms with van der Waals surface area (Å²) in [6.45, 7) is 7.21. The van der Waals surface area contributed by atoms with Gasteiger partial charge in [-0.25, -0.2) is 0 Å². The van der Waals surface area contributed by atoms with Crippen LogP contribution in [0.4, 0.5) is 5.69 Å². The van der Waals surface area contributed by atoms with Crippen LogP contribution in [0.5, 0.6) is 0 Å². The molecule has 0 saturated carbocycles. The minimum absolute atomic E-state index is 0.272. The zero-order valence-corrected chi connectivity index (χ0v) is 9.30. The molecule has 1 aromatic rings. The number of benzene rings is 1. The lowest BCUT2D eigenvalue weighted by Gasteiger charge is -2.09. The molecule has 0 saturated heterocycles. The number of hydrogen-bond acceptors (Lipinski definition) is 2. The summed E-state index contributed by atoms with van der Waals surface area (Å²) in [5.41, 5.74) is 9.47. The lowest BCUT2D eigenvalue weighted by atomic mass is 10.1. The van der Waals surface area contributed by atoms with Crippen LogP contribution in [0.3, 0.4) is 0 Å². The topological polar surface area (TPSA) is 38.0 Å². The van der Waals surface area contributed by atoms with E-state index >= 15 is 0 Å². The van der Waals surface area contributed by atoms with E-state index in [4.69, 9.17) is 5.73 Å². The quantitative estimate of drug-likeness (QED) is 0.769. The number of rotatable bonds is 4. The second kappa shape index (κ2) is 5.01. The molecule has 0 bridgehead atoms. The van der Waals surface area contributed by atoms with Crippen molar-refractivity contribution in [2.24, 2.45) is 5.73 Å². The second-order valence-corrected chi connectivity index (χ2v) is 4.07. The molecular weight excluding hydrogens is 172 g/mol. The first kappa shape index (κ1) is 11.1. The fraction of sp³-hybridized carbons (Fsp3) is 0.500. The summed E-state index contributed by atoms with van der Waals surface area (Å²) in [4.78, 5) is 0. The molecular formula is C12H20N2. The van der Waals surface area contributed by atoms with Gasteiger partial charge in [0, 0.05) is 18.3 Å². The second-order valence-electron chi connectivity index (χ2n) is 4.07. The summed E-state index contributed by atoms with van der Waals surface area (Å²) in [6, 6.07) is 6.77. The Labute approximate surface area is 86.5 Å². The molecule has 2 nitrogen and oxygen atoms in total. The highest BCUT2D eigenvalue weighted by Gasteiger charge is 1.96. The van der Waals surface area contributed by atoms with E-state index < -0.39 is 0 Å². The molecule has 0 amide bonds. The summed E-state index contributed by atoms with van der Waals surface area (Å²) in [5.74, 6) is 0. The van der Waals surface area contributed by atoms with Gasteiger partial charge in [0.25, 0.3) is 0 Å². The van der Waals surface area contributed by atoms with Gasteiger partial charge in [-0.2, -0.15) is 0 Å². The predicted octanol–water partition coefficient (Wildman–Crippen LogP) is 2.45. The Balaban J connectivity index is 2.50. The molecule has 14 heavy (non-hydrogen) atoms. The van der Waals surface area contributed by atoms with Crippen LogP contribution >= 0.6 is 0 Å². The SMILES string of the molecule is Cc1cc(C)cc(NCCC(C)N)c1. The van der Waals surface area contributed by atoms with Gasteiger partial charge in [0.05, 0.1) is 0 Å². The number of hydrogen-bond donors (Lipinski definition) is 2. The summed E-state index contributed by atoms with van der Waals surface area (Å²) in [5, 5.41) is 3.38. The molecule has 0 spiro atoms. The first-order valence-corrected chi connectivity index (χ1v) is 5.15. The van der Waals surface area contributed by atoms with Crippen molar-refractivity contribution in [3.8, 4) is 0 Å². The van der Waals surface area contributed by atoms with E-state index in [9.17, 15) is 0 Å². The molecule has 1 atom stereocenters. The molecule has 0 aliphatic carbocycles. The standard InChI is InChI=1S/C12H20N2/c1-9-6-10(2)8-12(7-9)14-5-4-11(3)13/h6-8,11,14H,4-5,13H2,1-3H3. The van der Waals surface area contributed by atoms with Crippen molar-refractivity contribution in [1.29, 1.82) is 0 Å². The maximum absolute atomic E-state index is 5.68. The predicted molar refractivity (Wildman–Crippen MR) is 62.7 cm³/mol. The zero-order valence-electron chi connectivity index (χ0n) is 9.30. The minimum atomic E-state index is 0.272. The van der Waals surface area contributed by atoms with Gasteiger partial charge < -0.3 is 11.1 Å². The third-order valence-electron chi connectivity index (χ3n) is 2.15. The van der Waals surface area contributed by atoms with Gasteiger partial charge in [0.1, 0.15) is 0 Å². The fourth-order valence-electron chi connectivity index (χ4n) is 1.52. The van der Waals surface area contributed by atoms with E-state index in [0.717, 1.165) is 13.0 Å². The zero-order chi connectivity index (χ0) is 10.6. The average molecular weight is 192 g/mol. The normalized spacial score (nSPS) is 12.6. The Morgan fingerprint density at radius 1 is 1.21 bits per heavy atom. The highest BCUT2D eigenvalue weighted by atomic mass is 14.9. The molecule has 0 aliphatic heterocycles.